The van der Waals surface area contributed by atoms with Gasteiger partial charge in [0.1, 0.15) is 11.5 Å². The van der Waals surface area contributed by atoms with Crippen LogP contribution in [0.4, 0.5) is 0 Å². The Morgan fingerprint density at radius 2 is 2.08 bits per heavy atom. The second-order valence-corrected chi connectivity index (χ2v) is 5.76. The maximum Gasteiger partial charge on any atom is 0.230 e. The van der Waals surface area contributed by atoms with E-state index in [2.05, 4.69) is 25.9 Å². The molecule has 1 aromatic carbocycles. The lowest BCUT2D eigenvalue weighted by Gasteiger charge is -2.17. The molecule has 7 nitrogen and oxygen atoms in total. The Hall–Kier alpha value is -2.96. The molecule has 1 amide bonds. The zero-order valence-corrected chi connectivity index (χ0v) is 13.8. The Bertz CT molecular complexity index is 825. The highest BCUT2D eigenvalue weighted by atomic mass is 16.3. The highest BCUT2D eigenvalue weighted by Crippen LogP contribution is 2.22. The van der Waals surface area contributed by atoms with Crippen LogP contribution in [0.2, 0.25) is 0 Å². The van der Waals surface area contributed by atoms with Gasteiger partial charge in [0, 0.05) is 5.56 Å². The second kappa shape index (κ2) is 6.66. The summed E-state index contributed by atoms with van der Waals surface area (Å²) in [5, 5.41) is 17.0. The number of nitrogens with zero attached hydrogens (tertiary/aromatic N) is 3. The number of aryl methyl sites for hydroxylation is 1. The number of aromatic nitrogens is 4. The van der Waals surface area contributed by atoms with Crippen LogP contribution in [0.15, 0.2) is 40.8 Å². The first-order valence-electron chi connectivity index (χ1n) is 7.75. The molecule has 24 heavy (non-hydrogen) atoms. The van der Waals surface area contributed by atoms with E-state index in [1.165, 1.54) is 0 Å². The van der Waals surface area contributed by atoms with Crippen LogP contribution in [0.1, 0.15) is 42.9 Å². The van der Waals surface area contributed by atoms with E-state index in [0.717, 1.165) is 16.9 Å². The van der Waals surface area contributed by atoms with Crippen LogP contribution >= 0.6 is 0 Å². The number of tetrazole rings is 1. The van der Waals surface area contributed by atoms with Crippen LogP contribution in [-0.4, -0.2) is 26.5 Å². The van der Waals surface area contributed by atoms with Crippen LogP contribution in [0.3, 0.4) is 0 Å². The predicted octanol–water partition coefficient (Wildman–Crippen LogP) is 2.75. The maximum atomic E-state index is 12.4. The lowest BCUT2D eigenvalue weighted by atomic mass is 10.0. The normalized spacial score (nSPS) is 13.5. The average Bonchev–Trinajstić information content (AvgIpc) is 3.25. The van der Waals surface area contributed by atoms with Crippen molar-refractivity contribution in [3.63, 3.8) is 0 Å². The molecule has 0 fully saturated rings. The molecule has 0 bridgehead atoms. The van der Waals surface area contributed by atoms with Gasteiger partial charge in [-0.15, -0.1) is 10.2 Å². The molecule has 0 aliphatic carbocycles. The van der Waals surface area contributed by atoms with E-state index in [1.54, 1.807) is 0 Å². The fourth-order valence-electron chi connectivity index (χ4n) is 2.47. The van der Waals surface area contributed by atoms with Gasteiger partial charge in [0.2, 0.25) is 11.7 Å². The lowest BCUT2D eigenvalue weighted by Crippen LogP contribution is -2.30. The summed E-state index contributed by atoms with van der Waals surface area (Å²) >= 11 is 0. The van der Waals surface area contributed by atoms with Gasteiger partial charge in [0.15, 0.2) is 0 Å². The summed E-state index contributed by atoms with van der Waals surface area (Å²) in [6.45, 7) is 5.63. The molecule has 0 saturated heterocycles. The molecule has 2 heterocycles. The molecule has 3 aromatic rings. The summed E-state index contributed by atoms with van der Waals surface area (Å²) in [4.78, 5) is 12.4. The van der Waals surface area contributed by atoms with Crippen molar-refractivity contribution >= 4 is 5.91 Å². The molecule has 0 radical (unpaired) electrons. The van der Waals surface area contributed by atoms with Crippen LogP contribution < -0.4 is 5.32 Å². The first-order valence-corrected chi connectivity index (χ1v) is 7.75. The van der Waals surface area contributed by atoms with Gasteiger partial charge in [0.25, 0.3) is 0 Å². The standard InChI is InChI=1S/C17H19N5O2/c1-10-7-8-15(24-10)11(2)17(23)18-12(3)13-5-4-6-14(9-13)16-19-21-22-20-16/h4-9,11-12H,1-3H3,(H,18,23)(H,19,20,21,22). The molecule has 2 atom stereocenters. The predicted molar refractivity (Wildman–Crippen MR) is 88.0 cm³/mol. The third-order valence-electron chi connectivity index (χ3n) is 3.93. The van der Waals surface area contributed by atoms with Crippen LogP contribution in [0.25, 0.3) is 11.4 Å². The van der Waals surface area contributed by atoms with Gasteiger partial charge in [-0.1, -0.05) is 18.2 Å². The Morgan fingerprint density at radius 1 is 1.25 bits per heavy atom. The van der Waals surface area contributed by atoms with E-state index in [0.29, 0.717) is 11.6 Å². The van der Waals surface area contributed by atoms with Crippen molar-refractivity contribution in [2.24, 2.45) is 0 Å². The fourth-order valence-corrected chi connectivity index (χ4v) is 2.47. The number of amides is 1. The van der Waals surface area contributed by atoms with Crippen LogP contribution in [0.5, 0.6) is 0 Å². The summed E-state index contributed by atoms with van der Waals surface area (Å²) in [6, 6.07) is 11.2. The Kier molecular flexibility index (Phi) is 4.41. The number of H-pyrrole nitrogens is 1. The van der Waals surface area contributed by atoms with E-state index >= 15 is 0 Å². The second-order valence-electron chi connectivity index (χ2n) is 5.76. The van der Waals surface area contributed by atoms with E-state index in [-0.39, 0.29) is 17.9 Å². The summed E-state index contributed by atoms with van der Waals surface area (Å²) in [7, 11) is 0. The van der Waals surface area contributed by atoms with Crippen LogP contribution in [0, 0.1) is 6.92 Å². The highest BCUT2D eigenvalue weighted by Gasteiger charge is 2.20. The van der Waals surface area contributed by atoms with Crippen molar-refractivity contribution < 1.29 is 9.21 Å². The minimum atomic E-state index is -0.346. The highest BCUT2D eigenvalue weighted by molar-refractivity contribution is 5.83. The maximum absolute atomic E-state index is 12.4. The summed E-state index contributed by atoms with van der Waals surface area (Å²) in [5.41, 5.74) is 1.81. The summed E-state index contributed by atoms with van der Waals surface area (Å²) in [6.07, 6.45) is 0. The zero-order chi connectivity index (χ0) is 17.1. The number of hydrogen-bond acceptors (Lipinski definition) is 5. The molecule has 2 N–H and O–H groups in total. The molecule has 7 heteroatoms. The Balaban J connectivity index is 1.71. The van der Waals surface area contributed by atoms with Gasteiger partial charge < -0.3 is 9.73 Å². The van der Waals surface area contributed by atoms with Gasteiger partial charge in [-0.3, -0.25) is 4.79 Å². The molecule has 0 aliphatic rings. The monoisotopic (exact) mass is 325 g/mol. The number of aromatic amines is 1. The molecule has 0 saturated carbocycles. The van der Waals surface area contributed by atoms with Crippen molar-refractivity contribution in [1.82, 2.24) is 25.9 Å². The molecule has 124 valence electrons. The topological polar surface area (TPSA) is 96.7 Å². The molecule has 3 rings (SSSR count). The van der Waals surface area contributed by atoms with E-state index < -0.39 is 0 Å². The third kappa shape index (κ3) is 3.34. The zero-order valence-electron chi connectivity index (χ0n) is 13.8. The molecular weight excluding hydrogens is 306 g/mol. The molecule has 0 aliphatic heterocycles. The van der Waals surface area contributed by atoms with E-state index in [9.17, 15) is 4.79 Å². The molecule has 2 aromatic heterocycles. The molecular formula is C17H19N5O2. The van der Waals surface area contributed by atoms with Crippen molar-refractivity contribution in [3.8, 4) is 11.4 Å². The molecule has 2 unspecified atom stereocenters. The molecule has 0 spiro atoms. The third-order valence-corrected chi connectivity index (χ3v) is 3.93. The van der Waals surface area contributed by atoms with E-state index in [1.807, 2.05) is 57.2 Å². The lowest BCUT2D eigenvalue weighted by molar-refractivity contribution is -0.123. The summed E-state index contributed by atoms with van der Waals surface area (Å²) in [5.74, 6) is 1.56. The Morgan fingerprint density at radius 3 is 2.75 bits per heavy atom. The largest absolute Gasteiger partial charge is 0.466 e. The first-order chi connectivity index (χ1) is 11.5. The average molecular weight is 325 g/mol. The van der Waals surface area contributed by atoms with Gasteiger partial charge in [0.05, 0.1) is 12.0 Å². The number of rotatable bonds is 5. The van der Waals surface area contributed by atoms with Gasteiger partial charge >= 0.3 is 0 Å². The minimum Gasteiger partial charge on any atom is -0.466 e. The first kappa shape index (κ1) is 15.9. The van der Waals surface area contributed by atoms with E-state index in [4.69, 9.17) is 4.42 Å². The minimum absolute atomic E-state index is 0.0817. The number of furan rings is 1. The fraction of sp³-hybridized carbons (Fsp3) is 0.294. The number of carbonyl (C=O) groups is 1. The van der Waals surface area contributed by atoms with Crippen molar-refractivity contribution in [1.29, 1.82) is 0 Å². The number of nitrogens with one attached hydrogen (secondary N) is 2. The summed E-state index contributed by atoms with van der Waals surface area (Å²) < 4.78 is 5.53. The van der Waals surface area contributed by atoms with Gasteiger partial charge in [-0.25, -0.2) is 0 Å². The number of carbonyl (C=O) groups excluding carboxylic acids is 1. The number of benzene rings is 1. The van der Waals surface area contributed by atoms with Crippen molar-refractivity contribution in [2.75, 3.05) is 0 Å². The van der Waals surface area contributed by atoms with Gasteiger partial charge in [-0.2, -0.15) is 5.21 Å². The smallest absolute Gasteiger partial charge is 0.230 e. The quantitative estimate of drug-likeness (QED) is 0.752. The van der Waals surface area contributed by atoms with Crippen LogP contribution in [-0.2, 0) is 4.79 Å². The van der Waals surface area contributed by atoms with Gasteiger partial charge in [-0.05, 0) is 49.7 Å². The number of hydrogen-bond donors (Lipinski definition) is 2. The van der Waals surface area contributed by atoms with Crippen molar-refractivity contribution in [3.05, 3.63) is 53.5 Å². The SMILES string of the molecule is Cc1ccc(C(C)C(=O)NC(C)c2cccc(-c3nn[nH]n3)c2)o1. The van der Waals surface area contributed by atoms with Crippen molar-refractivity contribution in [2.45, 2.75) is 32.7 Å². The Labute approximate surface area is 139 Å².